The molecule has 10 heteroatoms. The molecule has 0 saturated carbocycles. The van der Waals surface area contributed by atoms with Gasteiger partial charge >= 0.3 is 12.2 Å². The molecule has 0 bridgehead atoms. The number of rotatable bonds is 4. The van der Waals surface area contributed by atoms with Crippen molar-refractivity contribution in [3.8, 4) is 11.4 Å². The first-order chi connectivity index (χ1) is 14.3. The average Bonchev–Trinajstić information content (AvgIpc) is 3.15. The van der Waals surface area contributed by atoms with Crippen LogP contribution in [0.1, 0.15) is 22.9 Å². The number of nitrogens with zero attached hydrogens (tertiary/aromatic N) is 3. The highest BCUT2D eigenvalue weighted by molar-refractivity contribution is 6.30. The SMILES string of the molecule is O=C(NCc1ccc(Cl)cc1)N1CC(c2nc(-c3cccc(C(F)(F)F)c3)no2)C1. The van der Waals surface area contributed by atoms with Crippen molar-refractivity contribution >= 4 is 17.6 Å². The van der Waals surface area contributed by atoms with Crippen LogP contribution in [0, 0.1) is 0 Å². The topological polar surface area (TPSA) is 71.3 Å². The van der Waals surface area contributed by atoms with Gasteiger partial charge in [-0.25, -0.2) is 4.79 Å². The number of hydrogen-bond donors (Lipinski definition) is 1. The van der Waals surface area contributed by atoms with E-state index in [1.807, 2.05) is 12.1 Å². The van der Waals surface area contributed by atoms with Crippen molar-refractivity contribution in [1.82, 2.24) is 20.4 Å². The van der Waals surface area contributed by atoms with Crippen LogP contribution in [0.5, 0.6) is 0 Å². The lowest BCUT2D eigenvalue weighted by molar-refractivity contribution is -0.137. The second kappa shape index (κ2) is 7.98. The molecule has 1 N–H and O–H groups in total. The van der Waals surface area contributed by atoms with Gasteiger partial charge in [-0.15, -0.1) is 0 Å². The van der Waals surface area contributed by atoms with Gasteiger partial charge in [-0.05, 0) is 29.8 Å². The number of hydrogen-bond acceptors (Lipinski definition) is 4. The van der Waals surface area contributed by atoms with Crippen LogP contribution >= 0.6 is 11.6 Å². The Balaban J connectivity index is 1.33. The number of alkyl halides is 3. The van der Waals surface area contributed by atoms with Crippen molar-refractivity contribution in [2.24, 2.45) is 0 Å². The molecule has 1 aliphatic heterocycles. The van der Waals surface area contributed by atoms with Gasteiger partial charge in [-0.2, -0.15) is 18.2 Å². The zero-order valence-electron chi connectivity index (χ0n) is 15.5. The summed E-state index contributed by atoms with van der Waals surface area (Å²) in [5.74, 6) is 0.226. The minimum absolute atomic E-state index is 0.0849. The summed E-state index contributed by atoms with van der Waals surface area (Å²) in [7, 11) is 0. The minimum Gasteiger partial charge on any atom is -0.339 e. The molecule has 4 rings (SSSR count). The smallest absolute Gasteiger partial charge is 0.339 e. The van der Waals surface area contributed by atoms with Gasteiger partial charge in [0, 0.05) is 30.2 Å². The number of nitrogens with one attached hydrogen (secondary N) is 1. The molecular formula is C20H16ClF3N4O2. The number of likely N-dealkylation sites (tertiary alicyclic amines) is 1. The number of benzene rings is 2. The van der Waals surface area contributed by atoms with Crippen LogP contribution in [0.3, 0.4) is 0 Å². The van der Waals surface area contributed by atoms with Gasteiger partial charge in [-0.3, -0.25) is 0 Å². The van der Waals surface area contributed by atoms with Crippen LogP contribution in [0.25, 0.3) is 11.4 Å². The number of carbonyl (C=O) groups is 1. The molecule has 2 aromatic carbocycles. The Kier molecular flexibility index (Phi) is 5.38. The number of carbonyl (C=O) groups excluding carboxylic acids is 1. The number of urea groups is 1. The Hall–Kier alpha value is -3.07. The van der Waals surface area contributed by atoms with E-state index >= 15 is 0 Å². The molecule has 6 nitrogen and oxygen atoms in total. The fraction of sp³-hybridized carbons (Fsp3) is 0.250. The van der Waals surface area contributed by atoms with Crippen molar-refractivity contribution in [2.45, 2.75) is 18.6 Å². The number of aromatic nitrogens is 2. The summed E-state index contributed by atoms with van der Waals surface area (Å²) in [6.45, 7) is 1.14. The fourth-order valence-corrected chi connectivity index (χ4v) is 3.17. The van der Waals surface area contributed by atoms with E-state index in [1.54, 1.807) is 17.0 Å². The molecule has 0 unspecified atom stereocenters. The Morgan fingerprint density at radius 1 is 1.20 bits per heavy atom. The minimum atomic E-state index is -4.45. The lowest BCUT2D eigenvalue weighted by atomic mass is 10.0. The summed E-state index contributed by atoms with van der Waals surface area (Å²) >= 11 is 5.83. The second-order valence-electron chi connectivity index (χ2n) is 6.92. The second-order valence-corrected chi connectivity index (χ2v) is 7.36. The predicted molar refractivity (Wildman–Crippen MR) is 103 cm³/mol. The molecule has 3 aromatic rings. The van der Waals surface area contributed by atoms with Crippen LogP contribution in [-0.4, -0.2) is 34.2 Å². The largest absolute Gasteiger partial charge is 0.416 e. The molecular weight excluding hydrogens is 421 g/mol. The zero-order valence-corrected chi connectivity index (χ0v) is 16.2. The molecule has 0 radical (unpaired) electrons. The summed E-state index contributed by atoms with van der Waals surface area (Å²) in [4.78, 5) is 18.0. The Labute approximate surface area is 174 Å². The summed E-state index contributed by atoms with van der Waals surface area (Å²) in [6.07, 6.45) is -4.45. The van der Waals surface area contributed by atoms with E-state index in [2.05, 4.69) is 15.5 Å². The lowest BCUT2D eigenvalue weighted by Gasteiger charge is -2.36. The predicted octanol–water partition coefficient (Wildman–Crippen LogP) is 4.72. The highest BCUT2D eigenvalue weighted by Gasteiger charge is 2.36. The molecule has 0 atom stereocenters. The molecule has 2 heterocycles. The van der Waals surface area contributed by atoms with Crippen LogP contribution in [0.15, 0.2) is 53.1 Å². The van der Waals surface area contributed by atoms with Crippen molar-refractivity contribution < 1.29 is 22.5 Å². The molecule has 0 aliphatic carbocycles. The van der Waals surface area contributed by atoms with E-state index in [9.17, 15) is 18.0 Å². The highest BCUT2D eigenvalue weighted by atomic mass is 35.5. The molecule has 0 spiro atoms. The van der Waals surface area contributed by atoms with Crippen LogP contribution < -0.4 is 5.32 Å². The molecule has 1 aliphatic rings. The number of amides is 2. The van der Waals surface area contributed by atoms with E-state index < -0.39 is 11.7 Å². The Bertz CT molecular complexity index is 1050. The molecule has 2 amide bonds. The van der Waals surface area contributed by atoms with Crippen molar-refractivity contribution in [2.75, 3.05) is 13.1 Å². The van der Waals surface area contributed by atoms with E-state index in [4.69, 9.17) is 16.1 Å². The van der Waals surface area contributed by atoms with Crippen molar-refractivity contribution in [1.29, 1.82) is 0 Å². The average molecular weight is 437 g/mol. The van der Waals surface area contributed by atoms with E-state index in [1.165, 1.54) is 12.1 Å². The quantitative estimate of drug-likeness (QED) is 0.642. The highest BCUT2D eigenvalue weighted by Crippen LogP contribution is 2.32. The lowest BCUT2D eigenvalue weighted by Crippen LogP contribution is -2.52. The maximum atomic E-state index is 12.9. The van der Waals surface area contributed by atoms with Gasteiger partial charge in [0.25, 0.3) is 0 Å². The first-order valence-corrected chi connectivity index (χ1v) is 9.46. The molecule has 30 heavy (non-hydrogen) atoms. The van der Waals surface area contributed by atoms with E-state index in [-0.39, 0.29) is 23.3 Å². The van der Waals surface area contributed by atoms with E-state index in [0.29, 0.717) is 30.5 Å². The number of halogens is 4. The Morgan fingerprint density at radius 3 is 2.63 bits per heavy atom. The zero-order chi connectivity index (χ0) is 21.3. The van der Waals surface area contributed by atoms with Gasteiger partial charge < -0.3 is 14.7 Å². The van der Waals surface area contributed by atoms with Gasteiger partial charge in [0.1, 0.15) is 0 Å². The Morgan fingerprint density at radius 2 is 1.93 bits per heavy atom. The molecule has 1 aromatic heterocycles. The standard InChI is InChI=1S/C20H16ClF3N4O2/c21-16-6-4-12(5-7-16)9-25-19(29)28-10-14(11-28)18-26-17(27-30-18)13-2-1-3-15(8-13)20(22,23)24/h1-8,14H,9-11H2,(H,25,29). The summed E-state index contributed by atoms with van der Waals surface area (Å²) in [5.41, 5.74) is 0.364. The monoisotopic (exact) mass is 436 g/mol. The van der Waals surface area contributed by atoms with Crippen LogP contribution in [0.4, 0.5) is 18.0 Å². The molecule has 1 fully saturated rings. The third kappa shape index (κ3) is 4.40. The third-order valence-electron chi connectivity index (χ3n) is 4.76. The van der Waals surface area contributed by atoms with Crippen molar-refractivity contribution in [3.63, 3.8) is 0 Å². The first-order valence-electron chi connectivity index (χ1n) is 9.08. The maximum Gasteiger partial charge on any atom is 0.416 e. The van der Waals surface area contributed by atoms with Gasteiger partial charge in [0.2, 0.25) is 11.7 Å². The van der Waals surface area contributed by atoms with Crippen molar-refractivity contribution in [3.05, 3.63) is 70.6 Å². The van der Waals surface area contributed by atoms with Gasteiger partial charge in [0.05, 0.1) is 11.5 Å². The van der Waals surface area contributed by atoms with Gasteiger partial charge in [-0.1, -0.05) is 41.0 Å². The summed E-state index contributed by atoms with van der Waals surface area (Å²) < 4.78 is 43.8. The summed E-state index contributed by atoms with van der Waals surface area (Å²) in [5, 5.41) is 7.22. The maximum absolute atomic E-state index is 12.9. The van der Waals surface area contributed by atoms with Crippen LogP contribution in [-0.2, 0) is 12.7 Å². The first kappa shape index (κ1) is 20.2. The fourth-order valence-electron chi connectivity index (χ4n) is 3.05. The van der Waals surface area contributed by atoms with E-state index in [0.717, 1.165) is 17.7 Å². The normalized spacial score (nSPS) is 14.5. The third-order valence-corrected chi connectivity index (χ3v) is 5.02. The molecule has 1 saturated heterocycles. The van der Waals surface area contributed by atoms with Gasteiger partial charge in [0.15, 0.2) is 0 Å². The summed E-state index contributed by atoms with van der Waals surface area (Å²) in [6, 6.07) is 11.7. The molecule has 156 valence electrons. The van der Waals surface area contributed by atoms with Crippen LogP contribution in [0.2, 0.25) is 5.02 Å².